The van der Waals surface area contributed by atoms with E-state index in [4.69, 9.17) is 0 Å². The van der Waals surface area contributed by atoms with Gasteiger partial charge in [0.25, 0.3) is 0 Å². The van der Waals surface area contributed by atoms with Gasteiger partial charge in [-0.3, -0.25) is 4.48 Å². The van der Waals surface area contributed by atoms with Gasteiger partial charge in [0.15, 0.2) is 0 Å². The molecule has 47 heavy (non-hydrogen) atoms. The molecule has 0 aromatic heterocycles. The van der Waals surface area contributed by atoms with Gasteiger partial charge >= 0.3 is 0 Å². The monoisotopic (exact) mass is 637 g/mol. The molecule has 0 bridgehead atoms. The van der Waals surface area contributed by atoms with E-state index in [0.717, 1.165) is 50.1 Å². The number of aryl methyl sites for hydroxylation is 5. The van der Waals surface area contributed by atoms with E-state index in [2.05, 4.69) is 51.1 Å². The molecule has 0 spiro atoms. The summed E-state index contributed by atoms with van der Waals surface area (Å²) in [6, 6.07) is 22.9. The zero-order valence-corrected chi connectivity index (χ0v) is 30.4. The first-order valence-electron chi connectivity index (χ1n) is 17.7. The molecule has 0 aliphatic carbocycles. The Labute approximate surface area is 285 Å². The third-order valence-corrected chi connectivity index (χ3v) is 9.40. The summed E-state index contributed by atoms with van der Waals surface area (Å²) in [5.41, 5.74) is 9.47. The third kappa shape index (κ3) is 10.4. The SMILES string of the molecule is CCCC[N+](CCCC)(CCCC)c1ccccc1.Cc1cc(Cc2cc(C)c(O)c(C)c2)c([O-])c(Cc2cc(C)c(O)c(C)c2)c1. The molecule has 4 heteroatoms. The van der Waals surface area contributed by atoms with Crippen LogP contribution in [0.2, 0.25) is 0 Å². The lowest BCUT2D eigenvalue weighted by Gasteiger charge is -2.38. The smallest absolute Gasteiger partial charge is 0.132 e. The molecule has 0 saturated heterocycles. The molecule has 0 radical (unpaired) electrons. The first-order valence-corrected chi connectivity index (χ1v) is 17.7. The van der Waals surface area contributed by atoms with Crippen LogP contribution in [0.25, 0.3) is 0 Å². The summed E-state index contributed by atoms with van der Waals surface area (Å²) in [6.07, 6.45) is 8.99. The third-order valence-electron chi connectivity index (χ3n) is 9.40. The lowest BCUT2D eigenvalue weighted by molar-refractivity contribution is -0.270. The van der Waals surface area contributed by atoms with Crippen LogP contribution < -0.4 is 9.59 Å². The number of nitrogens with zero attached hydrogens (tertiary/aromatic N) is 1. The van der Waals surface area contributed by atoms with Crippen molar-refractivity contribution in [2.75, 3.05) is 19.6 Å². The Hall–Kier alpha value is -3.76. The summed E-state index contributed by atoms with van der Waals surface area (Å²) >= 11 is 0. The second-order valence-electron chi connectivity index (χ2n) is 13.6. The van der Waals surface area contributed by atoms with Crippen LogP contribution in [0, 0.1) is 34.6 Å². The van der Waals surface area contributed by atoms with E-state index in [1.807, 2.05) is 71.0 Å². The van der Waals surface area contributed by atoms with Crippen molar-refractivity contribution in [2.24, 2.45) is 0 Å². The topological polar surface area (TPSA) is 63.5 Å². The standard InChI is InChI=1S/C25H28O3.C18H32N/c1-14-6-21(12-19-8-15(2)23(26)16(3)9-19)25(28)22(7-14)13-20-10-17(4)24(27)18(5)11-20;1-4-7-15-19(16-8-5-2,17-9-6-3)18-13-11-10-12-14-18/h6-11,26-28H,12-13H2,1-5H3;10-14H,4-9,15-17H2,1-3H3/q;+1/p-1. The number of hydrogen-bond acceptors (Lipinski definition) is 3. The van der Waals surface area contributed by atoms with Gasteiger partial charge in [0.05, 0.1) is 19.6 Å². The Bertz CT molecular complexity index is 1430. The number of aromatic hydroxyl groups is 2. The first-order chi connectivity index (χ1) is 22.4. The molecule has 0 amide bonds. The molecule has 0 heterocycles. The fraction of sp³-hybridized carbons (Fsp3) is 0.442. The fourth-order valence-electron chi connectivity index (χ4n) is 6.78. The minimum absolute atomic E-state index is 0.0670. The molecule has 254 valence electrons. The van der Waals surface area contributed by atoms with Crippen LogP contribution >= 0.6 is 0 Å². The summed E-state index contributed by atoms with van der Waals surface area (Å²) in [7, 11) is 0. The molecular weight excluding hydrogens is 578 g/mol. The molecule has 0 fully saturated rings. The van der Waals surface area contributed by atoms with Gasteiger partial charge in [-0.05, 0) is 112 Å². The zero-order valence-electron chi connectivity index (χ0n) is 30.4. The summed E-state index contributed by atoms with van der Waals surface area (Å²) in [5.74, 6) is 0.695. The van der Waals surface area contributed by atoms with E-state index in [1.54, 1.807) is 0 Å². The van der Waals surface area contributed by atoms with Crippen molar-refractivity contribution in [3.63, 3.8) is 0 Å². The first kappa shape index (κ1) is 37.7. The van der Waals surface area contributed by atoms with Crippen LogP contribution in [0.3, 0.4) is 0 Å². The normalized spacial score (nSPS) is 11.3. The van der Waals surface area contributed by atoms with E-state index >= 15 is 0 Å². The van der Waals surface area contributed by atoms with Gasteiger partial charge in [0, 0.05) is 0 Å². The number of quaternary nitrogens is 1. The number of benzene rings is 4. The van der Waals surface area contributed by atoms with Crippen molar-refractivity contribution >= 4 is 5.69 Å². The molecule has 4 aromatic carbocycles. The highest BCUT2D eigenvalue weighted by Gasteiger charge is 2.28. The molecule has 4 nitrogen and oxygen atoms in total. The zero-order chi connectivity index (χ0) is 34.6. The van der Waals surface area contributed by atoms with E-state index in [9.17, 15) is 15.3 Å². The Morgan fingerprint density at radius 3 is 1.26 bits per heavy atom. The van der Waals surface area contributed by atoms with E-state index in [1.165, 1.54) is 68.3 Å². The van der Waals surface area contributed by atoms with Gasteiger partial charge in [0.1, 0.15) is 17.2 Å². The molecule has 0 saturated carbocycles. The van der Waals surface area contributed by atoms with Crippen LogP contribution in [0.15, 0.2) is 66.7 Å². The molecule has 0 aliphatic heterocycles. The highest BCUT2D eigenvalue weighted by atomic mass is 16.3. The fourth-order valence-corrected chi connectivity index (χ4v) is 6.78. The Morgan fingerprint density at radius 1 is 0.553 bits per heavy atom. The van der Waals surface area contributed by atoms with Crippen LogP contribution in [-0.4, -0.2) is 29.8 Å². The van der Waals surface area contributed by atoms with Crippen molar-refractivity contribution in [1.29, 1.82) is 0 Å². The highest BCUT2D eigenvalue weighted by Crippen LogP contribution is 2.31. The summed E-state index contributed by atoms with van der Waals surface area (Å²) < 4.78 is 1.20. The number of hydrogen-bond donors (Lipinski definition) is 2. The Kier molecular flexibility index (Phi) is 14.4. The van der Waals surface area contributed by atoms with Crippen molar-refractivity contribution in [3.05, 3.63) is 117 Å². The second kappa shape index (κ2) is 18.0. The number of phenolic OH excluding ortho intramolecular Hbond substituents is 2. The lowest BCUT2D eigenvalue weighted by atomic mass is 9.93. The average Bonchev–Trinajstić information content (AvgIpc) is 3.05. The van der Waals surface area contributed by atoms with E-state index in [-0.39, 0.29) is 5.75 Å². The number of unbranched alkanes of at least 4 members (excludes halogenated alkanes) is 3. The van der Waals surface area contributed by atoms with Crippen molar-refractivity contribution < 1.29 is 15.3 Å². The summed E-state index contributed by atoms with van der Waals surface area (Å²) in [6.45, 7) is 20.3. The summed E-state index contributed by atoms with van der Waals surface area (Å²) in [5, 5.41) is 33.1. The van der Waals surface area contributed by atoms with Crippen molar-refractivity contribution in [2.45, 2.75) is 107 Å². The van der Waals surface area contributed by atoms with Gasteiger partial charge in [-0.15, -0.1) is 5.75 Å². The Balaban J connectivity index is 0.000000277. The predicted molar refractivity (Wildman–Crippen MR) is 199 cm³/mol. The van der Waals surface area contributed by atoms with Gasteiger partial charge in [0.2, 0.25) is 0 Å². The largest absolute Gasteiger partial charge is 0.872 e. The molecule has 0 atom stereocenters. The summed E-state index contributed by atoms with van der Waals surface area (Å²) in [4.78, 5) is 0. The minimum Gasteiger partial charge on any atom is -0.872 e. The van der Waals surface area contributed by atoms with Gasteiger partial charge in [-0.25, -0.2) is 0 Å². The van der Waals surface area contributed by atoms with Crippen molar-refractivity contribution in [1.82, 2.24) is 4.48 Å². The number of para-hydroxylation sites is 1. The maximum atomic E-state index is 13.1. The number of phenols is 2. The molecule has 2 N–H and O–H groups in total. The van der Waals surface area contributed by atoms with Crippen LogP contribution in [0.4, 0.5) is 5.69 Å². The van der Waals surface area contributed by atoms with Crippen LogP contribution in [0.5, 0.6) is 17.2 Å². The number of rotatable bonds is 14. The molecule has 4 rings (SSSR count). The van der Waals surface area contributed by atoms with Crippen LogP contribution in [0.1, 0.15) is 109 Å². The minimum atomic E-state index is 0.0670. The molecule has 0 unspecified atom stereocenters. The van der Waals surface area contributed by atoms with Gasteiger partial charge in [-0.2, -0.15) is 0 Å². The predicted octanol–water partition coefficient (Wildman–Crippen LogP) is 10.3. The maximum Gasteiger partial charge on any atom is 0.132 e. The quantitative estimate of drug-likeness (QED) is 0.135. The second-order valence-corrected chi connectivity index (χ2v) is 13.6. The molecule has 4 aromatic rings. The van der Waals surface area contributed by atoms with Gasteiger partial charge in [-0.1, -0.05) is 111 Å². The van der Waals surface area contributed by atoms with E-state index < -0.39 is 0 Å². The molecule has 0 aliphatic rings. The van der Waals surface area contributed by atoms with Gasteiger partial charge < -0.3 is 15.3 Å². The molecular formula is C43H59NO3. The highest BCUT2D eigenvalue weighted by molar-refractivity contribution is 5.51. The lowest BCUT2D eigenvalue weighted by Crippen LogP contribution is -2.51. The van der Waals surface area contributed by atoms with Crippen molar-refractivity contribution in [3.8, 4) is 17.2 Å². The van der Waals surface area contributed by atoms with Crippen LogP contribution in [-0.2, 0) is 12.8 Å². The van der Waals surface area contributed by atoms with E-state index in [0.29, 0.717) is 24.3 Å². The average molecular weight is 638 g/mol. The Morgan fingerprint density at radius 2 is 0.915 bits per heavy atom. The maximum absolute atomic E-state index is 13.1.